The molecular weight excluding hydrogens is 326 g/mol. The molecule has 0 atom stereocenters. The van der Waals surface area contributed by atoms with Crippen molar-refractivity contribution in [2.45, 2.75) is 44.8 Å². The van der Waals surface area contributed by atoms with Gasteiger partial charge in [0.05, 0.1) is 29.7 Å². The summed E-state index contributed by atoms with van der Waals surface area (Å²) in [5.41, 5.74) is 0.677. The minimum atomic E-state index is -3.60. The first kappa shape index (κ1) is 17.0. The van der Waals surface area contributed by atoms with E-state index in [0.717, 1.165) is 6.42 Å². The molecule has 2 rings (SSSR count). The minimum absolute atomic E-state index is 0.161. The number of hydrogen-bond donors (Lipinski definition) is 0. The normalized spacial score (nSPS) is 12.2. The zero-order chi connectivity index (χ0) is 16.3. The molecule has 0 spiro atoms. The highest BCUT2D eigenvalue weighted by Crippen LogP contribution is 2.21. The van der Waals surface area contributed by atoms with Gasteiger partial charge in [0.2, 0.25) is 10.0 Å². The fourth-order valence-electron chi connectivity index (χ4n) is 2.12. The van der Waals surface area contributed by atoms with Crippen LogP contribution < -0.4 is 0 Å². The summed E-state index contributed by atoms with van der Waals surface area (Å²) in [5, 5.41) is 8.65. The topological polar surface area (TPSA) is 73.0 Å². The Balaban J connectivity index is 2.23. The Morgan fingerprint density at radius 1 is 1.27 bits per heavy atom. The molecule has 0 radical (unpaired) electrons. The summed E-state index contributed by atoms with van der Waals surface area (Å²) < 4.78 is 29.8. The van der Waals surface area contributed by atoms with Crippen molar-refractivity contribution in [1.82, 2.24) is 23.9 Å². The highest BCUT2D eigenvalue weighted by molar-refractivity contribution is 7.89. The van der Waals surface area contributed by atoms with E-state index in [9.17, 15) is 8.42 Å². The number of aromatic nitrogens is 4. The Hall–Kier alpha value is -1.38. The lowest BCUT2D eigenvalue weighted by molar-refractivity contribution is 0.447. The first-order valence-electron chi connectivity index (χ1n) is 7.09. The molecule has 0 unspecified atom stereocenters. The van der Waals surface area contributed by atoms with Crippen molar-refractivity contribution in [3.63, 3.8) is 0 Å². The highest BCUT2D eigenvalue weighted by atomic mass is 35.5. The lowest BCUT2D eigenvalue weighted by Crippen LogP contribution is -2.27. The largest absolute Gasteiger partial charge is 0.271 e. The fourth-order valence-corrected chi connectivity index (χ4v) is 3.41. The molecule has 122 valence electrons. The Kier molecular flexibility index (Phi) is 5.25. The van der Waals surface area contributed by atoms with E-state index in [1.807, 2.05) is 13.8 Å². The van der Waals surface area contributed by atoms with Crippen LogP contribution in [0.15, 0.2) is 23.5 Å². The second-order valence-electron chi connectivity index (χ2n) is 4.96. The zero-order valence-corrected chi connectivity index (χ0v) is 14.5. The molecule has 22 heavy (non-hydrogen) atoms. The number of aryl methyl sites for hydroxylation is 2. The summed E-state index contributed by atoms with van der Waals surface area (Å²) in [6, 6.07) is 0. The molecule has 0 bridgehead atoms. The second-order valence-corrected chi connectivity index (χ2v) is 7.41. The minimum Gasteiger partial charge on any atom is -0.271 e. The molecule has 0 saturated heterocycles. The molecule has 0 fully saturated rings. The predicted octanol–water partition coefficient (Wildman–Crippen LogP) is 1.98. The van der Waals surface area contributed by atoms with Gasteiger partial charge in [0, 0.05) is 26.3 Å². The maximum Gasteiger partial charge on any atom is 0.246 e. The average Bonchev–Trinajstić information content (AvgIpc) is 3.08. The Morgan fingerprint density at radius 2 is 2.00 bits per heavy atom. The van der Waals surface area contributed by atoms with Crippen LogP contribution in [-0.4, -0.2) is 39.3 Å². The van der Waals surface area contributed by atoms with Gasteiger partial charge in [-0.1, -0.05) is 18.5 Å². The molecular formula is C13H20ClN5O2S. The van der Waals surface area contributed by atoms with Crippen LogP contribution in [0.3, 0.4) is 0 Å². The third-order valence-corrected chi connectivity index (χ3v) is 5.41. The summed E-state index contributed by atoms with van der Waals surface area (Å²) >= 11 is 6.09. The smallest absolute Gasteiger partial charge is 0.246 e. The lowest BCUT2D eigenvalue weighted by Gasteiger charge is -2.17. The number of nitrogens with zero attached hydrogens (tertiary/aromatic N) is 5. The van der Waals surface area contributed by atoms with Gasteiger partial charge >= 0.3 is 0 Å². The first-order valence-corrected chi connectivity index (χ1v) is 8.90. The molecule has 0 aliphatic heterocycles. The Bertz CT molecular complexity index is 737. The van der Waals surface area contributed by atoms with Gasteiger partial charge in [-0.15, -0.1) is 0 Å². The number of hydrogen-bond acceptors (Lipinski definition) is 4. The van der Waals surface area contributed by atoms with E-state index in [2.05, 4.69) is 10.2 Å². The molecule has 0 saturated carbocycles. The van der Waals surface area contributed by atoms with Crippen molar-refractivity contribution in [3.05, 3.63) is 29.3 Å². The summed E-state index contributed by atoms with van der Waals surface area (Å²) in [7, 11) is -2.08. The van der Waals surface area contributed by atoms with E-state index >= 15 is 0 Å². The molecule has 9 heteroatoms. The Labute approximate surface area is 135 Å². The maximum atomic E-state index is 12.6. The third-order valence-electron chi connectivity index (χ3n) is 3.34. The third kappa shape index (κ3) is 3.34. The van der Waals surface area contributed by atoms with Crippen LogP contribution in [0.5, 0.6) is 0 Å². The predicted molar refractivity (Wildman–Crippen MR) is 84.1 cm³/mol. The average molecular weight is 346 g/mol. The molecule has 2 aromatic heterocycles. The van der Waals surface area contributed by atoms with Crippen LogP contribution in [0.2, 0.25) is 5.02 Å². The van der Waals surface area contributed by atoms with Gasteiger partial charge < -0.3 is 0 Å². The van der Waals surface area contributed by atoms with Crippen molar-refractivity contribution in [1.29, 1.82) is 0 Å². The molecule has 0 aromatic carbocycles. The summed E-state index contributed by atoms with van der Waals surface area (Å²) in [5.74, 6) is 0. The summed E-state index contributed by atoms with van der Waals surface area (Å²) in [4.78, 5) is 0.183. The molecule has 7 nitrogen and oxygen atoms in total. The van der Waals surface area contributed by atoms with E-state index in [0.29, 0.717) is 23.8 Å². The Morgan fingerprint density at radius 3 is 2.64 bits per heavy atom. The van der Waals surface area contributed by atoms with Gasteiger partial charge in [0.25, 0.3) is 0 Å². The van der Waals surface area contributed by atoms with Gasteiger partial charge in [-0.25, -0.2) is 8.42 Å². The second kappa shape index (κ2) is 6.80. The highest BCUT2D eigenvalue weighted by Gasteiger charge is 2.24. The van der Waals surface area contributed by atoms with Gasteiger partial charge in [0.15, 0.2) is 0 Å². The molecule has 2 heterocycles. The van der Waals surface area contributed by atoms with E-state index in [-0.39, 0.29) is 11.4 Å². The lowest BCUT2D eigenvalue weighted by atomic mass is 10.4. The monoisotopic (exact) mass is 345 g/mol. The van der Waals surface area contributed by atoms with Crippen molar-refractivity contribution < 1.29 is 8.42 Å². The molecule has 0 N–H and O–H groups in total. The van der Waals surface area contributed by atoms with Gasteiger partial charge in [0.1, 0.15) is 4.90 Å². The van der Waals surface area contributed by atoms with Crippen molar-refractivity contribution in [3.8, 4) is 0 Å². The molecule has 0 aliphatic carbocycles. The van der Waals surface area contributed by atoms with Crippen LogP contribution >= 0.6 is 11.6 Å². The SMILES string of the molecule is CCCn1cc(S(=O)(=O)N(C)Cc2c(Cl)cnn2CC)cn1. The van der Waals surface area contributed by atoms with Crippen LogP contribution in [0.25, 0.3) is 0 Å². The van der Waals surface area contributed by atoms with Crippen LogP contribution in [0.4, 0.5) is 0 Å². The van der Waals surface area contributed by atoms with E-state index < -0.39 is 10.0 Å². The first-order chi connectivity index (χ1) is 10.4. The van der Waals surface area contributed by atoms with Crippen molar-refractivity contribution in [2.75, 3.05) is 7.05 Å². The van der Waals surface area contributed by atoms with Gasteiger partial charge in [-0.2, -0.15) is 14.5 Å². The van der Waals surface area contributed by atoms with Crippen LogP contribution in [0.1, 0.15) is 26.0 Å². The van der Waals surface area contributed by atoms with E-state index in [1.54, 1.807) is 15.6 Å². The van der Waals surface area contributed by atoms with E-state index in [4.69, 9.17) is 11.6 Å². The molecule has 0 aliphatic rings. The van der Waals surface area contributed by atoms with Crippen molar-refractivity contribution in [2.24, 2.45) is 0 Å². The number of sulfonamides is 1. The van der Waals surface area contributed by atoms with Gasteiger partial charge in [-0.05, 0) is 13.3 Å². The number of rotatable bonds is 7. The fraction of sp³-hybridized carbons (Fsp3) is 0.538. The summed E-state index contributed by atoms with van der Waals surface area (Å²) in [6.45, 7) is 5.41. The molecule has 0 amide bonds. The van der Waals surface area contributed by atoms with Crippen LogP contribution in [0, 0.1) is 0 Å². The van der Waals surface area contributed by atoms with Gasteiger partial charge in [-0.3, -0.25) is 9.36 Å². The molecule has 2 aromatic rings. The van der Waals surface area contributed by atoms with Crippen LogP contribution in [-0.2, 0) is 29.7 Å². The standard InChI is InChI=1S/C13H20ClN5O2S/c1-4-6-18-9-11(7-15-18)22(20,21)17(3)10-13-12(14)8-16-19(13)5-2/h7-9H,4-6,10H2,1-3H3. The quantitative estimate of drug-likeness (QED) is 0.769. The zero-order valence-electron chi connectivity index (χ0n) is 12.9. The van der Waals surface area contributed by atoms with E-state index in [1.165, 1.54) is 23.7 Å². The summed E-state index contributed by atoms with van der Waals surface area (Å²) in [6.07, 6.45) is 5.34. The number of halogens is 1. The van der Waals surface area contributed by atoms with Crippen molar-refractivity contribution >= 4 is 21.6 Å². The maximum absolute atomic E-state index is 12.6.